The van der Waals surface area contributed by atoms with E-state index in [-0.39, 0.29) is 0 Å². The molecule has 0 amide bonds. The van der Waals surface area contributed by atoms with Gasteiger partial charge in [-0.05, 0) is 12.3 Å². The maximum atomic E-state index is 10.5. The van der Waals surface area contributed by atoms with Gasteiger partial charge in [0.1, 0.15) is 5.92 Å². The molecule has 0 fully saturated rings. The topological polar surface area (TPSA) is 63.3 Å². The third kappa shape index (κ3) is 1.17. The summed E-state index contributed by atoms with van der Waals surface area (Å²) in [6, 6.07) is 0. The second-order valence-corrected chi connectivity index (χ2v) is 3.83. The number of hydrogen-bond donors (Lipinski definition) is 2. The Labute approximate surface area is 63.3 Å². The summed E-state index contributed by atoms with van der Waals surface area (Å²) in [6.45, 7) is 1.72. The van der Waals surface area contributed by atoms with Crippen molar-refractivity contribution in [3.63, 3.8) is 0 Å². The van der Waals surface area contributed by atoms with Crippen LogP contribution in [0.4, 0.5) is 0 Å². The van der Waals surface area contributed by atoms with Gasteiger partial charge in [-0.1, -0.05) is 6.08 Å². The van der Waals surface area contributed by atoms with Crippen LogP contribution < -0.4 is 5.73 Å². The highest BCUT2D eigenvalue weighted by Gasteiger charge is 2.37. The van der Waals surface area contributed by atoms with Gasteiger partial charge in [-0.2, -0.15) is 0 Å². The molecular formula is C6H9NO2S. The lowest BCUT2D eigenvalue weighted by molar-refractivity contribution is -0.140. The minimum Gasteiger partial charge on any atom is -0.481 e. The Morgan fingerprint density at radius 2 is 2.50 bits per heavy atom. The van der Waals surface area contributed by atoms with Gasteiger partial charge in [-0.15, -0.1) is 11.8 Å². The lowest BCUT2D eigenvalue weighted by Crippen LogP contribution is -2.41. The van der Waals surface area contributed by atoms with Gasteiger partial charge in [0.05, 0.1) is 4.87 Å². The fraction of sp³-hybridized carbons (Fsp3) is 0.500. The molecule has 56 valence electrons. The van der Waals surface area contributed by atoms with E-state index in [0.29, 0.717) is 0 Å². The minimum atomic E-state index is -0.855. The molecular weight excluding hydrogens is 150 g/mol. The fourth-order valence-corrected chi connectivity index (χ4v) is 1.71. The molecule has 1 rings (SSSR count). The van der Waals surface area contributed by atoms with Gasteiger partial charge in [0.15, 0.2) is 0 Å². The molecule has 0 aromatic carbocycles. The Hall–Kier alpha value is -0.480. The highest BCUT2D eigenvalue weighted by molar-refractivity contribution is 8.03. The first-order valence-corrected chi connectivity index (χ1v) is 3.78. The van der Waals surface area contributed by atoms with Crippen LogP contribution in [0, 0.1) is 5.92 Å². The van der Waals surface area contributed by atoms with Gasteiger partial charge in [0, 0.05) is 0 Å². The summed E-state index contributed by atoms with van der Waals surface area (Å²) in [5, 5.41) is 10.3. The Balaban J connectivity index is 2.77. The van der Waals surface area contributed by atoms with Crippen molar-refractivity contribution in [2.24, 2.45) is 11.7 Å². The summed E-state index contributed by atoms with van der Waals surface area (Å²) in [5.41, 5.74) is 5.64. The van der Waals surface area contributed by atoms with Crippen molar-refractivity contribution >= 4 is 17.7 Å². The minimum absolute atomic E-state index is 0.544. The van der Waals surface area contributed by atoms with Gasteiger partial charge >= 0.3 is 5.97 Å². The zero-order valence-corrected chi connectivity index (χ0v) is 6.39. The number of nitrogens with two attached hydrogens (primary N) is 1. The molecule has 3 N–H and O–H groups in total. The summed E-state index contributed by atoms with van der Waals surface area (Å²) in [7, 11) is 0. The second-order valence-electron chi connectivity index (χ2n) is 2.45. The zero-order valence-electron chi connectivity index (χ0n) is 5.57. The quantitative estimate of drug-likeness (QED) is 0.588. The predicted molar refractivity (Wildman–Crippen MR) is 40.4 cm³/mol. The van der Waals surface area contributed by atoms with Crippen molar-refractivity contribution in [3.8, 4) is 0 Å². The fourth-order valence-electron chi connectivity index (χ4n) is 0.856. The first kappa shape index (κ1) is 7.63. The molecule has 0 bridgehead atoms. The third-order valence-electron chi connectivity index (χ3n) is 1.48. The van der Waals surface area contributed by atoms with Crippen molar-refractivity contribution in [1.29, 1.82) is 0 Å². The number of thioether (sulfide) groups is 1. The van der Waals surface area contributed by atoms with E-state index in [1.54, 1.807) is 18.4 Å². The van der Waals surface area contributed by atoms with Crippen molar-refractivity contribution in [1.82, 2.24) is 0 Å². The second kappa shape index (κ2) is 2.29. The smallest absolute Gasteiger partial charge is 0.313 e. The third-order valence-corrected chi connectivity index (χ3v) is 2.53. The van der Waals surface area contributed by atoms with E-state index in [2.05, 4.69) is 0 Å². The van der Waals surface area contributed by atoms with E-state index >= 15 is 0 Å². The SMILES string of the molecule is CC1(N)SC=CC1C(=O)O. The van der Waals surface area contributed by atoms with Crippen LogP contribution in [0.25, 0.3) is 0 Å². The molecule has 10 heavy (non-hydrogen) atoms. The largest absolute Gasteiger partial charge is 0.481 e. The van der Waals surface area contributed by atoms with Gasteiger partial charge in [0.2, 0.25) is 0 Å². The van der Waals surface area contributed by atoms with Crippen LogP contribution in [0.1, 0.15) is 6.92 Å². The Morgan fingerprint density at radius 1 is 1.90 bits per heavy atom. The lowest BCUT2D eigenvalue weighted by atomic mass is 10.0. The van der Waals surface area contributed by atoms with Crippen LogP contribution in [0.15, 0.2) is 11.5 Å². The first-order valence-electron chi connectivity index (χ1n) is 2.90. The number of rotatable bonds is 1. The Morgan fingerprint density at radius 3 is 2.70 bits per heavy atom. The van der Waals surface area contributed by atoms with Crippen molar-refractivity contribution in [2.75, 3.05) is 0 Å². The molecule has 0 saturated heterocycles. The average molecular weight is 159 g/mol. The summed E-state index contributed by atoms with van der Waals surface area (Å²) < 4.78 is 0. The molecule has 1 heterocycles. The standard InChI is InChI=1S/C6H9NO2S/c1-6(7)4(5(8)9)2-3-10-6/h2-4H,7H2,1H3,(H,8,9). The molecule has 0 spiro atoms. The van der Waals surface area contributed by atoms with Crippen LogP contribution in [0.3, 0.4) is 0 Å². The molecule has 2 unspecified atom stereocenters. The van der Waals surface area contributed by atoms with Crippen molar-refractivity contribution in [3.05, 3.63) is 11.5 Å². The van der Waals surface area contributed by atoms with E-state index in [9.17, 15) is 4.79 Å². The highest BCUT2D eigenvalue weighted by Crippen LogP contribution is 2.36. The van der Waals surface area contributed by atoms with Crippen LogP contribution in [0.2, 0.25) is 0 Å². The number of carboxylic acid groups (broad SMARTS) is 1. The summed E-state index contributed by atoms with van der Waals surface area (Å²) in [6.07, 6.45) is 1.62. The zero-order chi connectivity index (χ0) is 7.78. The average Bonchev–Trinajstić information content (AvgIpc) is 2.08. The first-order chi connectivity index (χ1) is 4.54. The van der Waals surface area contributed by atoms with Crippen LogP contribution in [-0.4, -0.2) is 15.9 Å². The van der Waals surface area contributed by atoms with Crippen LogP contribution in [-0.2, 0) is 4.79 Å². The molecule has 0 aliphatic carbocycles. The lowest BCUT2D eigenvalue weighted by Gasteiger charge is -2.21. The van der Waals surface area contributed by atoms with Crippen molar-refractivity contribution < 1.29 is 9.90 Å². The van der Waals surface area contributed by atoms with Crippen LogP contribution in [0.5, 0.6) is 0 Å². The summed E-state index contributed by atoms with van der Waals surface area (Å²) in [5.74, 6) is -1.40. The van der Waals surface area contributed by atoms with E-state index in [1.807, 2.05) is 0 Å². The van der Waals surface area contributed by atoms with Gasteiger partial charge in [-0.25, -0.2) is 0 Å². The number of aliphatic carboxylic acids is 1. The van der Waals surface area contributed by atoms with Crippen LogP contribution >= 0.6 is 11.8 Å². The van der Waals surface area contributed by atoms with E-state index in [1.165, 1.54) is 11.8 Å². The van der Waals surface area contributed by atoms with E-state index < -0.39 is 16.8 Å². The molecule has 0 saturated carbocycles. The molecule has 4 heteroatoms. The predicted octanol–water partition coefficient (Wildman–Crippen LogP) is 0.623. The molecule has 0 aromatic heterocycles. The molecule has 2 atom stereocenters. The van der Waals surface area contributed by atoms with E-state index in [4.69, 9.17) is 10.8 Å². The Kier molecular flexibility index (Phi) is 1.74. The van der Waals surface area contributed by atoms with Crippen molar-refractivity contribution in [2.45, 2.75) is 11.8 Å². The summed E-state index contributed by atoms with van der Waals surface area (Å²) >= 11 is 1.35. The molecule has 1 aliphatic rings. The van der Waals surface area contributed by atoms with Gasteiger partial charge in [0.25, 0.3) is 0 Å². The number of hydrogen-bond acceptors (Lipinski definition) is 3. The monoisotopic (exact) mass is 159 g/mol. The van der Waals surface area contributed by atoms with E-state index in [0.717, 1.165) is 0 Å². The molecule has 1 aliphatic heterocycles. The maximum absolute atomic E-state index is 10.5. The number of carboxylic acids is 1. The normalized spacial score (nSPS) is 38.4. The molecule has 0 aromatic rings. The van der Waals surface area contributed by atoms with Gasteiger partial charge < -0.3 is 10.8 Å². The van der Waals surface area contributed by atoms with Gasteiger partial charge in [-0.3, -0.25) is 4.79 Å². The maximum Gasteiger partial charge on any atom is 0.313 e. The molecule has 3 nitrogen and oxygen atoms in total. The number of carbonyl (C=O) groups is 1. The highest BCUT2D eigenvalue weighted by atomic mass is 32.2. The summed E-state index contributed by atoms with van der Waals surface area (Å²) in [4.78, 5) is 9.81. The molecule has 0 radical (unpaired) electrons. The Bertz CT molecular complexity index is 188.